The second-order valence-corrected chi connectivity index (χ2v) is 7.98. The van der Waals surface area contributed by atoms with Crippen LogP contribution in [0, 0.1) is 0 Å². The molecule has 3 rings (SSSR count). The van der Waals surface area contributed by atoms with Crippen LogP contribution in [0.25, 0.3) is 11.3 Å². The SMILES string of the molecule is COc1cc(C(=O)NCC(=O)OC(C)C(=O)Nc2nc(-c3ccccc3)cs2)cc(OC)c1OC. The van der Waals surface area contributed by atoms with Gasteiger partial charge in [0.15, 0.2) is 22.7 Å². The van der Waals surface area contributed by atoms with E-state index in [1.165, 1.54) is 51.7 Å². The normalized spacial score (nSPS) is 11.2. The number of hydrogen-bond acceptors (Lipinski definition) is 9. The van der Waals surface area contributed by atoms with Gasteiger partial charge in [0.2, 0.25) is 5.75 Å². The van der Waals surface area contributed by atoms with Crippen LogP contribution in [-0.4, -0.2) is 56.7 Å². The molecule has 0 spiro atoms. The number of carbonyl (C=O) groups is 3. The topological polar surface area (TPSA) is 125 Å². The quantitative estimate of drug-likeness (QED) is 0.408. The van der Waals surface area contributed by atoms with Gasteiger partial charge in [-0.2, -0.15) is 0 Å². The highest BCUT2D eigenvalue weighted by molar-refractivity contribution is 7.14. The van der Waals surface area contributed by atoms with Crippen molar-refractivity contribution in [3.8, 4) is 28.5 Å². The van der Waals surface area contributed by atoms with E-state index in [-0.39, 0.29) is 5.56 Å². The summed E-state index contributed by atoms with van der Waals surface area (Å²) in [6.45, 7) is 0.989. The molecular weight excluding hydrogens is 474 g/mol. The zero-order valence-corrected chi connectivity index (χ0v) is 20.4. The minimum absolute atomic E-state index is 0.191. The molecule has 1 unspecified atom stereocenters. The van der Waals surface area contributed by atoms with Crippen molar-refractivity contribution in [1.29, 1.82) is 0 Å². The number of thiazole rings is 1. The van der Waals surface area contributed by atoms with E-state index in [4.69, 9.17) is 18.9 Å². The van der Waals surface area contributed by atoms with E-state index in [2.05, 4.69) is 15.6 Å². The van der Waals surface area contributed by atoms with Crippen molar-refractivity contribution in [2.75, 3.05) is 33.2 Å². The Kier molecular flexibility index (Phi) is 8.63. The first kappa shape index (κ1) is 25.5. The van der Waals surface area contributed by atoms with Gasteiger partial charge < -0.3 is 24.3 Å². The fourth-order valence-electron chi connectivity index (χ4n) is 3.04. The van der Waals surface area contributed by atoms with Crippen LogP contribution in [0.5, 0.6) is 17.2 Å². The lowest BCUT2D eigenvalue weighted by molar-refractivity contribution is -0.152. The van der Waals surface area contributed by atoms with Crippen molar-refractivity contribution in [3.63, 3.8) is 0 Å². The molecule has 1 heterocycles. The number of nitrogens with zero attached hydrogens (tertiary/aromatic N) is 1. The zero-order chi connectivity index (χ0) is 25.4. The van der Waals surface area contributed by atoms with Crippen LogP contribution >= 0.6 is 11.3 Å². The monoisotopic (exact) mass is 499 g/mol. The molecule has 11 heteroatoms. The predicted molar refractivity (Wildman–Crippen MR) is 130 cm³/mol. The van der Waals surface area contributed by atoms with Crippen LogP contribution in [0.2, 0.25) is 0 Å². The summed E-state index contributed by atoms with van der Waals surface area (Å²) >= 11 is 1.26. The Morgan fingerprint density at radius 1 is 1.00 bits per heavy atom. The number of amides is 2. The predicted octanol–water partition coefficient (Wildman–Crippen LogP) is 3.14. The second-order valence-electron chi connectivity index (χ2n) is 7.12. The highest BCUT2D eigenvalue weighted by Gasteiger charge is 2.21. The van der Waals surface area contributed by atoms with Gasteiger partial charge in [-0.25, -0.2) is 4.98 Å². The van der Waals surface area contributed by atoms with E-state index >= 15 is 0 Å². The van der Waals surface area contributed by atoms with Gasteiger partial charge in [-0.1, -0.05) is 30.3 Å². The molecule has 3 aromatic rings. The van der Waals surface area contributed by atoms with Crippen LogP contribution in [0.4, 0.5) is 5.13 Å². The number of benzene rings is 2. The van der Waals surface area contributed by atoms with Gasteiger partial charge in [0.05, 0.1) is 27.0 Å². The van der Waals surface area contributed by atoms with E-state index in [0.717, 1.165) is 11.3 Å². The van der Waals surface area contributed by atoms with Crippen molar-refractivity contribution in [2.45, 2.75) is 13.0 Å². The lowest BCUT2D eigenvalue weighted by Gasteiger charge is -2.15. The molecule has 0 aliphatic heterocycles. The fraction of sp³-hybridized carbons (Fsp3) is 0.250. The summed E-state index contributed by atoms with van der Waals surface area (Å²) in [4.78, 5) is 41.5. The van der Waals surface area contributed by atoms with Crippen molar-refractivity contribution in [1.82, 2.24) is 10.3 Å². The zero-order valence-electron chi connectivity index (χ0n) is 19.6. The molecule has 0 aliphatic rings. The number of methoxy groups -OCH3 is 3. The first-order chi connectivity index (χ1) is 16.9. The molecule has 2 aromatic carbocycles. The molecule has 0 saturated carbocycles. The van der Waals surface area contributed by atoms with Crippen LogP contribution in [-0.2, 0) is 14.3 Å². The minimum Gasteiger partial charge on any atom is -0.493 e. The third-order valence-electron chi connectivity index (χ3n) is 4.80. The number of aromatic nitrogens is 1. The Bertz CT molecular complexity index is 1170. The molecule has 0 bridgehead atoms. The van der Waals surface area contributed by atoms with E-state index in [0.29, 0.717) is 22.4 Å². The number of esters is 1. The van der Waals surface area contributed by atoms with E-state index in [9.17, 15) is 14.4 Å². The summed E-state index contributed by atoms with van der Waals surface area (Å²) < 4.78 is 20.8. The fourth-order valence-corrected chi connectivity index (χ4v) is 3.76. The Morgan fingerprint density at radius 2 is 1.66 bits per heavy atom. The Morgan fingerprint density at radius 3 is 2.26 bits per heavy atom. The maximum Gasteiger partial charge on any atom is 0.326 e. The average molecular weight is 500 g/mol. The van der Waals surface area contributed by atoms with Crippen LogP contribution < -0.4 is 24.8 Å². The number of anilines is 1. The third kappa shape index (κ3) is 6.48. The summed E-state index contributed by atoms with van der Waals surface area (Å²) in [6.07, 6.45) is -1.09. The summed E-state index contributed by atoms with van der Waals surface area (Å²) in [5.74, 6) is -0.956. The van der Waals surface area contributed by atoms with Crippen molar-refractivity contribution >= 4 is 34.3 Å². The maximum atomic E-state index is 12.5. The number of nitrogens with one attached hydrogen (secondary N) is 2. The first-order valence-corrected chi connectivity index (χ1v) is 11.3. The summed E-state index contributed by atoms with van der Waals surface area (Å²) in [5.41, 5.74) is 1.84. The maximum absolute atomic E-state index is 12.5. The lowest BCUT2D eigenvalue weighted by atomic mass is 10.1. The Labute approximate surface area is 206 Å². The van der Waals surface area contributed by atoms with Crippen molar-refractivity contribution in [2.24, 2.45) is 0 Å². The summed E-state index contributed by atoms with van der Waals surface area (Å²) in [6, 6.07) is 12.4. The van der Waals surface area contributed by atoms with Gasteiger partial charge in [0.25, 0.3) is 11.8 Å². The highest BCUT2D eigenvalue weighted by Crippen LogP contribution is 2.38. The third-order valence-corrected chi connectivity index (χ3v) is 5.56. The molecule has 0 fully saturated rings. The molecule has 10 nitrogen and oxygen atoms in total. The van der Waals surface area contributed by atoms with Gasteiger partial charge in [0, 0.05) is 16.5 Å². The number of rotatable bonds is 10. The molecule has 0 radical (unpaired) electrons. The molecule has 184 valence electrons. The molecule has 0 saturated heterocycles. The summed E-state index contributed by atoms with van der Waals surface area (Å²) in [5, 5.41) is 7.28. The molecule has 1 atom stereocenters. The minimum atomic E-state index is -1.09. The average Bonchev–Trinajstić information content (AvgIpc) is 3.35. The molecule has 2 N–H and O–H groups in total. The Balaban J connectivity index is 1.52. The van der Waals surface area contributed by atoms with Gasteiger partial charge in [-0.15, -0.1) is 11.3 Å². The molecule has 0 aliphatic carbocycles. The van der Waals surface area contributed by atoms with E-state index in [1.807, 2.05) is 35.7 Å². The van der Waals surface area contributed by atoms with Gasteiger partial charge in [0.1, 0.15) is 6.54 Å². The van der Waals surface area contributed by atoms with Crippen molar-refractivity contribution in [3.05, 3.63) is 53.4 Å². The number of hydrogen-bond donors (Lipinski definition) is 2. The Hall–Kier alpha value is -4.12. The molecule has 2 amide bonds. The van der Waals surface area contributed by atoms with Gasteiger partial charge in [-0.3, -0.25) is 19.7 Å². The molecule has 35 heavy (non-hydrogen) atoms. The van der Waals surface area contributed by atoms with Gasteiger partial charge >= 0.3 is 5.97 Å². The molecule has 1 aromatic heterocycles. The lowest BCUT2D eigenvalue weighted by Crippen LogP contribution is -2.35. The van der Waals surface area contributed by atoms with Gasteiger partial charge in [-0.05, 0) is 19.1 Å². The van der Waals surface area contributed by atoms with E-state index in [1.54, 1.807) is 0 Å². The van der Waals surface area contributed by atoms with Crippen LogP contribution in [0.15, 0.2) is 47.8 Å². The second kappa shape index (κ2) is 11.8. The van der Waals surface area contributed by atoms with Crippen LogP contribution in [0.3, 0.4) is 0 Å². The largest absolute Gasteiger partial charge is 0.493 e. The van der Waals surface area contributed by atoms with Crippen LogP contribution in [0.1, 0.15) is 17.3 Å². The van der Waals surface area contributed by atoms with Crippen molar-refractivity contribution < 1.29 is 33.3 Å². The number of carbonyl (C=O) groups excluding carboxylic acids is 3. The number of ether oxygens (including phenoxy) is 4. The first-order valence-electron chi connectivity index (χ1n) is 10.5. The van der Waals surface area contributed by atoms with E-state index < -0.39 is 30.4 Å². The standard InChI is InChI=1S/C24H25N3O7S/c1-14(22(29)27-24-26-17(13-35-24)15-8-6-5-7-9-15)34-20(28)12-25-23(30)16-10-18(31-2)21(33-4)19(11-16)32-3/h5-11,13-14H,12H2,1-4H3,(H,25,30)(H,26,27,29). The summed E-state index contributed by atoms with van der Waals surface area (Å²) in [7, 11) is 4.30. The smallest absolute Gasteiger partial charge is 0.326 e. The molecular formula is C24H25N3O7S. The highest BCUT2D eigenvalue weighted by atomic mass is 32.1.